The van der Waals surface area contributed by atoms with Gasteiger partial charge in [-0.05, 0) is 17.7 Å². The van der Waals surface area contributed by atoms with Gasteiger partial charge in [0.25, 0.3) is 0 Å². The smallest absolute Gasteiger partial charge is 0.165 e. The zero-order valence-corrected chi connectivity index (χ0v) is 7.79. The van der Waals surface area contributed by atoms with Gasteiger partial charge in [0.1, 0.15) is 6.61 Å². The Kier molecular flexibility index (Phi) is 2.79. The van der Waals surface area contributed by atoms with E-state index < -0.39 is 0 Å². The molecule has 1 aliphatic rings. The molecule has 0 saturated heterocycles. The average Bonchev–Trinajstić information content (AvgIpc) is 2.69. The second-order valence-electron chi connectivity index (χ2n) is 3.21. The van der Waals surface area contributed by atoms with Crippen molar-refractivity contribution < 1.29 is 9.13 Å². The largest absolute Gasteiger partial charge is 0.486 e. The number of hydrogen-bond donors (Lipinski definition) is 1. The van der Waals surface area contributed by atoms with Crippen LogP contribution in [0.2, 0.25) is 0 Å². The van der Waals surface area contributed by atoms with Crippen LogP contribution in [0.1, 0.15) is 0 Å². The molecule has 0 bridgehead atoms. The van der Waals surface area contributed by atoms with E-state index in [1.165, 1.54) is 11.6 Å². The average molecular weight is 193 g/mol. The Morgan fingerprint density at radius 3 is 2.93 bits per heavy atom. The molecular weight excluding hydrogens is 181 g/mol. The number of benzene rings is 1. The fourth-order valence-electron chi connectivity index (χ4n) is 1.36. The van der Waals surface area contributed by atoms with Crippen LogP contribution in [-0.2, 0) is 0 Å². The van der Waals surface area contributed by atoms with Crippen LogP contribution in [0.25, 0.3) is 0 Å². The number of rotatable bonds is 3. The van der Waals surface area contributed by atoms with Crippen molar-refractivity contribution in [2.45, 2.75) is 0 Å². The molecule has 1 heterocycles. The summed E-state index contributed by atoms with van der Waals surface area (Å²) in [5, 5.41) is 3.16. The molecule has 14 heavy (non-hydrogen) atoms. The molecule has 2 nitrogen and oxygen atoms in total. The normalized spacial score (nSPS) is 15.4. The summed E-state index contributed by atoms with van der Waals surface area (Å²) in [5.41, 5.74) is 1.17. The van der Waals surface area contributed by atoms with Gasteiger partial charge in [0.15, 0.2) is 11.6 Å². The van der Waals surface area contributed by atoms with Crippen LogP contribution >= 0.6 is 0 Å². The minimum atomic E-state index is -0.306. The molecule has 74 valence electrons. The lowest BCUT2D eigenvalue weighted by Crippen LogP contribution is -2.11. The Bertz CT molecular complexity index is 349. The molecular formula is C11H12FNO. The van der Waals surface area contributed by atoms with Gasteiger partial charge in [0.2, 0.25) is 0 Å². The van der Waals surface area contributed by atoms with Crippen LogP contribution in [0.5, 0.6) is 5.75 Å². The van der Waals surface area contributed by atoms with Gasteiger partial charge in [-0.25, -0.2) is 4.39 Å². The summed E-state index contributed by atoms with van der Waals surface area (Å²) in [4.78, 5) is 0. The third-order valence-electron chi connectivity index (χ3n) is 2.14. The first-order chi connectivity index (χ1) is 6.86. The molecule has 0 aromatic heterocycles. The van der Waals surface area contributed by atoms with Crippen LogP contribution in [0.3, 0.4) is 0 Å². The first-order valence-corrected chi connectivity index (χ1v) is 4.62. The van der Waals surface area contributed by atoms with E-state index in [0.29, 0.717) is 12.4 Å². The lowest BCUT2D eigenvalue weighted by atomic mass is 10.3. The van der Waals surface area contributed by atoms with Crippen molar-refractivity contribution in [1.29, 1.82) is 0 Å². The van der Waals surface area contributed by atoms with E-state index >= 15 is 0 Å². The lowest BCUT2D eigenvalue weighted by molar-refractivity contribution is 0.331. The highest BCUT2D eigenvalue weighted by atomic mass is 19.1. The molecule has 0 aliphatic carbocycles. The molecule has 0 saturated carbocycles. The topological polar surface area (TPSA) is 21.3 Å². The Balaban J connectivity index is 1.94. The molecule has 0 fully saturated rings. The monoisotopic (exact) mass is 193 g/mol. The predicted octanol–water partition coefficient (Wildman–Crippen LogP) is 1.73. The van der Waals surface area contributed by atoms with Crippen LogP contribution < -0.4 is 10.1 Å². The zero-order chi connectivity index (χ0) is 9.80. The van der Waals surface area contributed by atoms with Crippen LogP contribution in [-0.4, -0.2) is 19.7 Å². The van der Waals surface area contributed by atoms with Gasteiger partial charge in [-0.15, -0.1) is 0 Å². The SMILES string of the molecule is Fc1ccccc1OCC1=CCNC1. The molecule has 0 atom stereocenters. The second kappa shape index (κ2) is 4.24. The molecule has 1 aromatic carbocycles. The van der Waals surface area contributed by atoms with Gasteiger partial charge in [0, 0.05) is 13.1 Å². The highest BCUT2D eigenvalue weighted by Gasteiger charge is 2.06. The van der Waals surface area contributed by atoms with Crippen molar-refractivity contribution in [1.82, 2.24) is 5.32 Å². The minimum absolute atomic E-state index is 0.306. The molecule has 0 unspecified atom stereocenters. The minimum Gasteiger partial charge on any atom is -0.486 e. The Morgan fingerprint density at radius 1 is 1.36 bits per heavy atom. The first kappa shape index (κ1) is 9.21. The fourth-order valence-corrected chi connectivity index (χ4v) is 1.36. The van der Waals surface area contributed by atoms with E-state index in [1.54, 1.807) is 18.2 Å². The van der Waals surface area contributed by atoms with Crippen LogP contribution in [0.4, 0.5) is 4.39 Å². The summed E-state index contributed by atoms with van der Waals surface area (Å²) in [6, 6.07) is 6.45. The maximum absolute atomic E-state index is 13.1. The molecule has 0 radical (unpaired) electrons. The van der Waals surface area contributed by atoms with Gasteiger partial charge < -0.3 is 10.1 Å². The molecule has 0 spiro atoms. The summed E-state index contributed by atoms with van der Waals surface area (Å²) in [5.74, 6) is 0.0133. The van der Waals surface area contributed by atoms with E-state index in [4.69, 9.17) is 4.74 Å². The highest BCUT2D eigenvalue weighted by Crippen LogP contribution is 2.16. The van der Waals surface area contributed by atoms with E-state index in [-0.39, 0.29) is 5.82 Å². The van der Waals surface area contributed by atoms with E-state index in [2.05, 4.69) is 11.4 Å². The van der Waals surface area contributed by atoms with Crippen molar-refractivity contribution >= 4 is 0 Å². The third kappa shape index (κ3) is 2.12. The van der Waals surface area contributed by atoms with Crippen LogP contribution in [0, 0.1) is 5.82 Å². The Hall–Kier alpha value is -1.35. The van der Waals surface area contributed by atoms with Crippen molar-refractivity contribution in [3.8, 4) is 5.75 Å². The summed E-state index contributed by atoms with van der Waals surface area (Å²) < 4.78 is 18.4. The number of hydrogen-bond acceptors (Lipinski definition) is 2. The molecule has 1 aliphatic heterocycles. The van der Waals surface area contributed by atoms with Gasteiger partial charge in [-0.1, -0.05) is 18.2 Å². The molecule has 2 rings (SSSR count). The Morgan fingerprint density at radius 2 is 2.21 bits per heavy atom. The number of halogens is 1. The Labute approximate surface area is 82.4 Å². The predicted molar refractivity (Wildman–Crippen MR) is 52.8 cm³/mol. The van der Waals surface area contributed by atoms with Crippen LogP contribution in [0.15, 0.2) is 35.9 Å². The van der Waals surface area contributed by atoms with Gasteiger partial charge in [-0.2, -0.15) is 0 Å². The maximum Gasteiger partial charge on any atom is 0.165 e. The van der Waals surface area contributed by atoms with Crippen molar-refractivity contribution in [2.75, 3.05) is 19.7 Å². The molecule has 1 aromatic rings. The maximum atomic E-state index is 13.1. The molecule has 1 N–H and O–H groups in total. The second-order valence-corrected chi connectivity index (χ2v) is 3.21. The number of para-hydroxylation sites is 1. The van der Waals surface area contributed by atoms with Gasteiger partial charge in [-0.3, -0.25) is 0 Å². The van der Waals surface area contributed by atoms with Crippen molar-refractivity contribution in [3.63, 3.8) is 0 Å². The summed E-state index contributed by atoms with van der Waals surface area (Å²) in [7, 11) is 0. The third-order valence-corrected chi connectivity index (χ3v) is 2.14. The fraction of sp³-hybridized carbons (Fsp3) is 0.273. The summed E-state index contributed by atoms with van der Waals surface area (Å²) in [6.07, 6.45) is 2.07. The first-order valence-electron chi connectivity index (χ1n) is 4.62. The highest BCUT2D eigenvalue weighted by molar-refractivity contribution is 5.24. The standard InChI is InChI=1S/C11H12FNO/c12-10-3-1-2-4-11(10)14-8-9-5-6-13-7-9/h1-5,13H,6-8H2. The lowest BCUT2D eigenvalue weighted by Gasteiger charge is -2.06. The molecule has 0 amide bonds. The summed E-state index contributed by atoms with van der Waals surface area (Å²) >= 11 is 0. The molecule has 3 heteroatoms. The van der Waals surface area contributed by atoms with Gasteiger partial charge >= 0.3 is 0 Å². The van der Waals surface area contributed by atoms with Crippen molar-refractivity contribution in [2.24, 2.45) is 0 Å². The quantitative estimate of drug-likeness (QED) is 0.738. The number of ether oxygens (including phenoxy) is 1. The van der Waals surface area contributed by atoms with E-state index in [0.717, 1.165) is 13.1 Å². The van der Waals surface area contributed by atoms with Gasteiger partial charge in [0.05, 0.1) is 0 Å². The van der Waals surface area contributed by atoms with E-state index in [1.807, 2.05) is 0 Å². The van der Waals surface area contributed by atoms with Crippen molar-refractivity contribution in [3.05, 3.63) is 41.7 Å². The number of nitrogens with one attached hydrogen (secondary N) is 1. The van der Waals surface area contributed by atoms with E-state index in [9.17, 15) is 4.39 Å². The zero-order valence-electron chi connectivity index (χ0n) is 7.79. The summed E-state index contributed by atoms with van der Waals surface area (Å²) in [6.45, 7) is 2.19.